The van der Waals surface area contributed by atoms with E-state index in [1.807, 2.05) is 19.9 Å². The maximum atomic E-state index is 13.1. The third kappa shape index (κ3) is 4.20. The Balaban J connectivity index is 1.66. The van der Waals surface area contributed by atoms with Crippen molar-refractivity contribution in [3.63, 3.8) is 0 Å². The van der Waals surface area contributed by atoms with Crippen LogP contribution in [0.25, 0.3) is 0 Å². The van der Waals surface area contributed by atoms with Gasteiger partial charge in [0, 0.05) is 30.4 Å². The van der Waals surface area contributed by atoms with E-state index in [0.717, 1.165) is 0 Å². The van der Waals surface area contributed by atoms with Crippen molar-refractivity contribution in [1.82, 2.24) is 0 Å². The molecular formula is C20H21FN2O3. The summed E-state index contributed by atoms with van der Waals surface area (Å²) in [5.41, 5.74) is 1.22. The van der Waals surface area contributed by atoms with Gasteiger partial charge in [0.25, 0.3) is 0 Å². The molecule has 2 amide bonds. The zero-order valence-corrected chi connectivity index (χ0v) is 14.7. The molecule has 0 spiro atoms. The fourth-order valence-electron chi connectivity index (χ4n) is 2.92. The molecule has 1 fully saturated rings. The third-order valence-corrected chi connectivity index (χ3v) is 4.11. The van der Waals surface area contributed by atoms with Gasteiger partial charge in [0.1, 0.15) is 11.6 Å². The molecule has 0 aliphatic carbocycles. The van der Waals surface area contributed by atoms with Crippen LogP contribution in [0.3, 0.4) is 0 Å². The molecule has 26 heavy (non-hydrogen) atoms. The lowest BCUT2D eigenvalue weighted by Crippen LogP contribution is -2.28. The number of carbonyl (C=O) groups excluding carboxylic acids is 2. The van der Waals surface area contributed by atoms with Crippen molar-refractivity contribution in [2.24, 2.45) is 5.92 Å². The van der Waals surface area contributed by atoms with E-state index in [4.69, 9.17) is 4.74 Å². The number of amides is 2. The smallest absolute Gasteiger partial charge is 0.229 e. The normalized spacial score (nSPS) is 16.8. The van der Waals surface area contributed by atoms with Crippen LogP contribution in [0.4, 0.5) is 15.8 Å². The molecule has 1 aliphatic rings. The second-order valence-electron chi connectivity index (χ2n) is 6.57. The zero-order valence-electron chi connectivity index (χ0n) is 14.7. The van der Waals surface area contributed by atoms with Crippen molar-refractivity contribution < 1.29 is 18.7 Å². The fourth-order valence-corrected chi connectivity index (χ4v) is 2.92. The van der Waals surface area contributed by atoms with Gasteiger partial charge in [-0.05, 0) is 50.2 Å². The summed E-state index contributed by atoms with van der Waals surface area (Å²) >= 11 is 0. The van der Waals surface area contributed by atoms with Gasteiger partial charge in [0.15, 0.2) is 0 Å². The average molecular weight is 356 g/mol. The first-order chi connectivity index (χ1) is 12.4. The van der Waals surface area contributed by atoms with Crippen LogP contribution in [0.2, 0.25) is 0 Å². The molecule has 3 rings (SSSR count). The molecule has 0 bridgehead atoms. The molecule has 5 nitrogen and oxygen atoms in total. The van der Waals surface area contributed by atoms with Crippen LogP contribution in [-0.4, -0.2) is 24.5 Å². The Hall–Kier alpha value is -2.89. The number of hydrogen-bond donors (Lipinski definition) is 1. The Morgan fingerprint density at radius 3 is 2.65 bits per heavy atom. The molecule has 136 valence electrons. The molecule has 1 unspecified atom stereocenters. The third-order valence-electron chi connectivity index (χ3n) is 4.11. The molecule has 1 heterocycles. The summed E-state index contributed by atoms with van der Waals surface area (Å²) in [5.74, 6) is -0.507. The highest BCUT2D eigenvalue weighted by Crippen LogP contribution is 2.27. The molecule has 0 radical (unpaired) electrons. The summed E-state index contributed by atoms with van der Waals surface area (Å²) in [5, 5.41) is 2.84. The minimum atomic E-state index is -0.456. The van der Waals surface area contributed by atoms with Crippen LogP contribution in [0.5, 0.6) is 5.75 Å². The van der Waals surface area contributed by atoms with Crippen molar-refractivity contribution in [2.75, 3.05) is 16.8 Å². The Labute approximate surface area is 151 Å². The first-order valence-corrected chi connectivity index (χ1v) is 8.56. The summed E-state index contributed by atoms with van der Waals surface area (Å²) < 4.78 is 18.7. The summed E-state index contributed by atoms with van der Waals surface area (Å²) in [6, 6.07) is 12.8. The Morgan fingerprint density at radius 2 is 1.96 bits per heavy atom. The molecule has 2 aromatic carbocycles. The molecule has 1 saturated heterocycles. The number of rotatable bonds is 5. The second-order valence-corrected chi connectivity index (χ2v) is 6.57. The van der Waals surface area contributed by atoms with Crippen molar-refractivity contribution in [2.45, 2.75) is 26.4 Å². The van der Waals surface area contributed by atoms with Crippen LogP contribution in [0.1, 0.15) is 20.3 Å². The van der Waals surface area contributed by atoms with Gasteiger partial charge in [0.2, 0.25) is 11.8 Å². The van der Waals surface area contributed by atoms with Gasteiger partial charge in [-0.3, -0.25) is 9.59 Å². The van der Waals surface area contributed by atoms with E-state index in [1.165, 1.54) is 17.0 Å². The SMILES string of the molecule is CC(C)Oc1cccc(NC(=O)C2CC(=O)N(c3ccc(F)cc3)C2)c1. The molecular weight excluding hydrogens is 335 g/mol. The van der Waals surface area contributed by atoms with Crippen LogP contribution in [0.15, 0.2) is 48.5 Å². The predicted molar refractivity (Wildman–Crippen MR) is 97.7 cm³/mol. The Kier molecular flexibility index (Phi) is 5.21. The minimum absolute atomic E-state index is 0.0395. The van der Waals surface area contributed by atoms with Crippen molar-refractivity contribution in [3.8, 4) is 5.75 Å². The van der Waals surface area contributed by atoms with Crippen LogP contribution >= 0.6 is 0 Å². The largest absolute Gasteiger partial charge is 0.491 e. The van der Waals surface area contributed by atoms with E-state index in [-0.39, 0.29) is 36.7 Å². The van der Waals surface area contributed by atoms with Crippen molar-refractivity contribution >= 4 is 23.2 Å². The van der Waals surface area contributed by atoms with Crippen LogP contribution in [0, 0.1) is 11.7 Å². The lowest BCUT2D eigenvalue weighted by atomic mass is 10.1. The van der Waals surface area contributed by atoms with Gasteiger partial charge >= 0.3 is 0 Å². The summed E-state index contributed by atoms with van der Waals surface area (Å²) in [7, 11) is 0. The highest BCUT2D eigenvalue weighted by Gasteiger charge is 2.35. The average Bonchev–Trinajstić information content (AvgIpc) is 2.97. The summed E-state index contributed by atoms with van der Waals surface area (Å²) in [6.07, 6.45) is 0.170. The van der Waals surface area contributed by atoms with Gasteiger partial charge in [-0.1, -0.05) is 6.07 Å². The minimum Gasteiger partial charge on any atom is -0.491 e. The van der Waals surface area contributed by atoms with Crippen LogP contribution < -0.4 is 15.0 Å². The molecule has 1 atom stereocenters. The standard InChI is InChI=1S/C20H21FN2O3/c1-13(2)26-18-5-3-4-16(11-18)22-20(25)14-10-19(24)23(12-14)17-8-6-15(21)7-9-17/h3-9,11,13-14H,10,12H2,1-2H3,(H,22,25). The van der Waals surface area contributed by atoms with Crippen molar-refractivity contribution in [1.29, 1.82) is 0 Å². The number of carbonyl (C=O) groups is 2. The topological polar surface area (TPSA) is 58.6 Å². The Bertz CT molecular complexity index is 805. The Morgan fingerprint density at radius 1 is 1.23 bits per heavy atom. The quantitative estimate of drug-likeness (QED) is 0.890. The first-order valence-electron chi connectivity index (χ1n) is 8.56. The van der Waals surface area contributed by atoms with E-state index >= 15 is 0 Å². The number of ether oxygens (including phenoxy) is 1. The summed E-state index contributed by atoms with van der Waals surface area (Å²) in [4.78, 5) is 26.3. The molecule has 6 heteroatoms. The molecule has 0 saturated carbocycles. The molecule has 1 N–H and O–H groups in total. The van der Waals surface area contributed by atoms with E-state index in [1.54, 1.807) is 30.3 Å². The monoisotopic (exact) mass is 356 g/mol. The van der Waals surface area contributed by atoms with E-state index in [9.17, 15) is 14.0 Å². The first kappa shape index (κ1) is 17.9. The number of nitrogens with zero attached hydrogens (tertiary/aromatic N) is 1. The number of anilines is 2. The number of halogens is 1. The van der Waals surface area contributed by atoms with Gasteiger partial charge in [-0.15, -0.1) is 0 Å². The lowest BCUT2D eigenvalue weighted by molar-refractivity contribution is -0.122. The number of nitrogens with one attached hydrogen (secondary N) is 1. The molecule has 2 aromatic rings. The van der Waals surface area contributed by atoms with E-state index < -0.39 is 5.92 Å². The molecule has 0 aromatic heterocycles. The number of hydrogen-bond acceptors (Lipinski definition) is 3. The van der Waals surface area contributed by atoms with E-state index in [2.05, 4.69) is 5.32 Å². The predicted octanol–water partition coefficient (Wildman–Crippen LogP) is 3.60. The fraction of sp³-hybridized carbons (Fsp3) is 0.300. The van der Waals surface area contributed by atoms with Crippen molar-refractivity contribution in [3.05, 3.63) is 54.3 Å². The molecule has 1 aliphatic heterocycles. The van der Waals surface area contributed by atoms with Gasteiger partial charge < -0.3 is 15.0 Å². The second kappa shape index (κ2) is 7.56. The number of benzene rings is 2. The lowest BCUT2D eigenvalue weighted by Gasteiger charge is -2.17. The van der Waals surface area contributed by atoms with Gasteiger partial charge in [-0.2, -0.15) is 0 Å². The summed E-state index contributed by atoms with van der Waals surface area (Å²) in [6.45, 7) is 4.14. The van der Waals surface area contributed by atoms with Gasteiger partial charge in [0.05, 0.1) is 12.0 Å². The zero-order chi connectivity index (χ0) is 18.7. The van der Waals surface area contributed by atoms with Crippen LogP contribution in [-0.2, 0) is 9.59 Å². The highest BCUT2D eigenvalue weighted by molar-refractivity contribution is 6.03. The maximum absolute atomic E-state index is 13.1. The van der Waals surface area contributed by atoms with Gasteiger partial charge in [-0.25, -0.2) is 4.39 Å². The van der Waals surface area contributed by atoms with E-state index in [0.29, 0.717) is 17.1 Å². The highest BCUT2D eigenvalue weighted by atomic mass is 19.1. The maximum Gasteiger partial charge on any atom is 0.229 e.